The van der Waals surface area contributed by atoms with Crippen molar-refractivity contribution >= 4 is 0 Å². The first-order valence-corrected chi connectivity index (χ1v) is 5.07. The monoisotopic (exact) mass is 209 g/mol. The molecule has 0 aromatic heterocycles. The maximum absolute atomic E-state index is 9.87. The molecule has 1 fully saturated rings. The van der Waals surface area contributed by atoms with Crippen molar-refractivity contribution in [2.24, 2.45) is 0 Å². The highest BCUT2D eigenvalue weighted by molar-refractivity contribution is 5.41. The molecule has 1 aromatic rings. The van der Waals surface area contributed by atoms with E-state index in [1.807, 2.05) is 12.1 Å². The Morgan fingerprint density at radius 2 is 2.33 bits per heavy atom. The molecule has 0 amide bonds. The highest BCUT2D eigenvalue weighted by Gasteiger charge is 2.19. The van der Waals surface area contributed by atoms with Crippen molar-refractivity contribution in [3.63, 3.8) is 0 Å². The Labute approximate surface area is 88.5 Å². The zero-order chi connectivity index (χ0) is 10.7. The van der Waals surface area contributed by atoms with E-state index in [-0.39, 0.29) is 18.5 Å². The zero-order valence-electron chi connectivity index (χ0n) is 8.44. The molecule has 0 radical (unpaired) electrons. The third kappa shape index (κ3) is 2.12. The van der Waals surface area contributed by atoms with Crippen LogP contribution in [0.2, 0.25) is 0 Å². The number of hydrogen-bond acceptors (Lipinski definition) is 4. The number of benzene rings is 1. The number of aromatic hydroxyl groups is 1. The number of rotatable bonds is 2. The van der Waals surface area contributed by atoms with Gasteiger partial charge in [-0.05, 0) is 0 Å². The maximum Gasteiger partial charge on any atom is 0.126 e. The van der Waals surface area contributed by atoms with Crippen molar-refractivity contribution in [1.29, 1.82) is 0 Å². The minimum Gasteiger partial charge on any atom is -0.507 e. The molecule has 4 nitrogen and oxygen atoms in total. The van der Waals surface area contributed by atoms with Crippen LogP contribution in [0.3, 0.4) is 0 Å². The number of ether oxygens (including phenoxy) is 1. The molecular weight excluding hydrogens is 194 g/mol. The summed E-state index contributed by atoms with van der Waals surface area (Å²) in [6.45, 7) is 2.03. The molecule has 15 heavy (non-hydrogen) atoms. The van der Waals surface area contributed by atoms with Crippen LogP contribution in [0.1, 0.15) is 17.2 Å². The Balaban J connectivity index is 2.26. The van der Waals surface area contributed by atoms with E-state index < -0.39 is 0 Å². The van der Waals surface area contributed by atoms with Gasteiger partial charge in [0.1, 0.15) is 5.75 Å². The Bertz CT molecular complexity index is 335. The van der Waals surface area contributed by atoms with Gasteiger partial charge in [-0.3, -0.25) is 0 Å². The van der Waals surface area contributed by atoms with E-state index in [9.17, 15) is 5.11 Å². The Hall–Kier alpha value is -1.10. The lowest BCUT2D eigenvalue weighted by molar-refractivity contribution is 0.0261. The third-order valence-corrected chi connectivity index (χ3v) is 2.60. The molecule has 1 unspecified atom stereocenters. The van der Waals surface area contributed by atoms with Crippen LogP contribution in [0.5, 0.6) is 5.75 Å². The first-order chi connectivity index (χ1) is 7.33. The van der Waals surface area contributed by atoms with Crippen LogP contribution < -0.4 is 5.32 Å². The normalized spacial score (nSPS) is 21.5. The van der Waals surface area contributed by atoms with E-state index in [1.54, 1.807) is 6.07 Å². The lowest BCUT2D eigenvalue weighted by Crippen LogP contribution is -2.33. The van der Waals surface area contributed by atoms with Gasteiger partial charge in [0.15, 0.2) is 0 Å². The van der Waals surface area contributed by atoms with Gasteiger partial charge < -0.3 is 20.3 Å². The number of aliphatic hydroxyl groups is 1. The van der Waals surface area contributed by atoms with Crippen LogP contribution in [-0.2, 0) is 11.3 Å². The van der Waals surface area contributed by atoms with Gasteiger partial charge >= 0.3 is 0 Å². The second-order valence-corrected chi connectivity index (χ2v) is 3.58. The van der Waals surface area contributed by atoms with Crippen LogP contribution in [-0.4, -0.2) is 29.9 Å². The summed E-state index contributed by atoms with van der Waals surface area (Å²) in [5, 5.41) is 22.1. The molecule has 2 rings (SSSR count). The summed E-state index contributed by atoms with van der Waals surface area (Å²) in [5.74, 6) is 0.147. The molecule has 1 atom stereocenters. The third-order valence-electron chi connectivity index (χ3n) is 2.60. The van der Waals surface area contributed by atoms with E-state index in [2.05, 4.69) is 5.32 Å². The lowest BCUT2D eigenvalue weighted by atomic mass is 10.0. The van der Waals surface area contributed by atoms with Crippen molar-refractivity contribution in [3.8, 4) is 5.75 Å². The largest absolute Gasteiger partial charge is 0.507 e. The molecule has 0 bridgehead atoms. The molecule has 0 saturated carbocycles. The van der Waals surface area contributed by atoms with Gasteiger partial charge in [0.2, 0.25) is 0 Å². The molecule has 1 aliphatic rings. The summed E-state index contributed by atoms with van der Waals surface area (Å²) in [7, 11) is 0. The van der Waals surface area contributed by atoms with Crippen LogP contribution in [0.4, 0.5) is 0 Å². The summed E-state index contributed by atoms with van der Waals surface area (Å²) in [6.07, 6.45) is -0.120. The molecular formula is C11H15NO3. The van der Waals surface area contributed by atoms with Gasteiger partial charge in [0.05, 0.1) is 19.3 Å². The molecule has 1 aliphatic heterocycles. The van der Waals surface area contributed by atoms with Crippen LogP contribution in [0.25, 0.3) is 0 Å². The quantitative estimate of drug-likeness (QED) is 0.665. The zero-order valence-corrected chi connectivity index (χ0v) is 8.44. The van der Waals surface area contributed by atoms with Gasteiger partial charge in [0, 0.05) is 24.2 Å². The Kier molecular flexibility index (Phi) is 3.20. The predicted molar refractivity (Wildman–Crippen MR) is 55.6 cm³/mol. The van der Waals surface area contributed by atoms with Crippen LogP contribution >= 0.6 is 0 Å². The number of nitrogens with one attached hydrogen (secondary N) is 1. The number of aliphatic hydroxyl groups excluding tert-OH is 1. The number of para-hydroxylation sites is 1. The highest BCUT2D eigenvalue weighted by Crippen LogP contribution is 2.30. The number of hydrogen-bond donors (Lipinski definition) is 3. The van der Waals surface area contributed by atoms with Crippen molar-refractivity contribution in [1.82, 2.24) is 5.32 Å². The smallest absolute Gasteiger partial charge is 0.126 e. The molecule has 0 aliphatic carbocycles. The molecule has 3 N–H and O–H groups in total. The van der Waals surface area contributed by atoms with Gasteiger partial charge in [-0.2, -0.15) is 0 Å². The van der Waals surface area contributed by atoms with E-state index in [1.165, 1.54) is 0 Å². The number of morpholine rings is 1. The summed E-state index contributed by atoms with van der Waals surface area (Å²) >= 11 is 0. The molecule has 4 heteroatoms. The van der Waals surface area contributed by atoms with E-state index in [4.69, 9.17) is 9.84 Å². The van der Waals surface area contributed by atoms with Crippen LogP contribution in [0.15, 0.2) is 18.2 Å². The Morgan fingerprint density at radius 3 is 3.00 bits per heavy atom. The lowest BCUT2D eigenvalue weighted by Gasteiger charge is -2.25. The molecule has 1 heterocycles. The second-order valence-electron chi connectivity index (χ2n) is 3.58. The van der Waals surface area contributed by atoms with Gasteiger partial charge in [-0.25, -0.2) is 0 Å². The van der Waals surface area contributed by atoms with Crippen molar-refractivity contribution in [2.45, 2.75) is 12.7 Å². The summed E-state index contributed by atoms with van der Waals surface area (Å²) in [6, 6.07) is 5.35. The molecule has 82 valence electrons. The number of phenols is 1. The SMILES string of the molecule is OCc1cccc(C2CNCCO2)c1O. The highest BCUT2D eigenvalue weighted by atomic mass is 16.5. The van der Waals surface area contributed by atoms with Gasteiger partial charge in [-0.15, -0.1) is 0 Å². The summed E-state index contributed by atoms with van der Waals surface area (Å²) in [4.78, 5) is 0. The predicted octanol–water partition coefficient (Wildman–Crippen LogP) is 0.545. The summed E-state index contributed by atoms with van der Waals surface area (Å²) in [5.41, 5.74) is 1.29. The first kappa shape index (κ1) is 10.4. The van der Waals surface area contributed by atoms with Crippen molar-refractivity contribution in [2.75, 3.05) is 19.7 Å². The minimum absolute atomic E-state index is 0.120. The fraction of sp³-hybridized carbons (Fsp3) is 0.455. The summed E-state index contributed by atoms with van der Waals surface area (Å²) < 4.78 is 5.54. The average molecular weight is 209 g/mol. The Morgan fingerprint density at radius 1 is 1.47 bits per heavy atom. The van der Waals surface area contributed by atoms with E-state index in [0.29, 0.717) is 18.7 Å². The van der Waals surface area contributed by atoms with Crippen LogP contribution in [0, 0.1) is 0 Å². The fourth-order valence-electron chi connectivity index (χ4n) is 1.76. The van der Waals surface area contributed by atoms with Gasteiger partial charge in [0.25, 0.3) is 0 Å². The van der Waals surface area contributed by atoms with Crippen molar-refractivity contribution < 1.29 is 14.9 Å². The van der Waals surface area contributed by atoms with Crippen molar-refractivity contribution in [3.05, 3.63) is 29.3 Å². The van der Waals surface area contributed by atoms with Gasteiger partial charge in [-0.1, -0.05) is 18.2 Å². The fourth-order valence-corrected chi connectivity index (χ4v) is 1.76. The molecule has 0 spiro atoms. The maximum atomic E-state index is 9.87. The molecule has 1 saturated heterocycles. The minimum atomic E-state index is -0.153. The topological polar surface area (TPSA) is 61.7 Å². The van der Waals surface area contributed by atoms with E-state index in [0.717, 1.165) is 12.1 Å². The molecule has 1 aromatic carbocycles. The standard InChI is InChI=1S/C11H15NO3/c13-7-8-2-1-3-9(11(8)14)10-6-12-4-5-15-10/h1-3,10,12-14H,4-7H2. The second kappa shape index (κ2) is 4.61. The first-order valence-electron chi connectivity index (χ1n) is 5.07. The van der Waals surface area contributed by atoms with E-state index >= 15 is 0 Å². The average Bonchev–Trinajstić information content (AvgIpc) is 2.30.